The van der Waals surface area contributed by atoms with E-state index in [9.17, 15) is 9.59 Å². The van der Waals surface area contributed by atoms with Gasteiger partial charge in [0.25, 0.3) is 0 Å². The van der Waals surface area contributed by atoms with Gasteiger partial charge < -0.3 is 25.2 Å². The third-order valence-corrected chi connectivity index (χ3v) is 6.06. The van der Waals surface area contributed by atoms with Crippen molar-refractivity contribution in [3.05, 3.63) is 11.7 Å². The number of nitrogens with one attached hydrogen (secondary N) is 3. The zero-order valence-electron chi connectivity index (χ0n) is 20.7. The number of ether oxygens (including phenoxy) is 1. The van der Waals surface area contributed by atoms with Crippen LogP contribution in [0.4, 0.5) is 9.59 Å². The lowest BCUT2D eigenvalue weighted by Crippen LogP contribution is -2.50. The fourth-order valence-electron chi connectivity index (χ4n) is 4.27. The van der Waals surface area contributed by atoms with Crippen molar-refractivity contribution in [3.63, 3.8) is 0 Å². The summed E-state index contributed by atoms with van der Waals surface area (Å²) in [6.45, 7) is 11.3. The van der Waals surface area contributed by atoms with E-state index in [1.807, 2.05) is 20.8 Å². The fraction of sp³-hybridized carbons (Fsp3) is 0.826. The zero-order chi connectivity index (χ0) is 24.1. The lowest BCUT2D eigenvalue weighted by atomic mass is 9.96. The number of carbonyl (C=O) groups is 2. The summed E-state index contributed by atoms with van der Waals surface area (Å²) in [7, 11) is 0. The van der Waals surface area contributed by atoms with Crippen LogP contribution in [-0.4, -0.2) is 57.9 Å². The quantitative estimate of drug-likeness (QED) is 0.590. The summed E-state index contributed by atoms with van der Waals surface area (Å²) in [6, 6.07) is 0.460. The van der Waals surface area contributed by atoms with Gasteiger partial charge in [-0.2, -0.15) is 4.98 Å². The minimum Gasteiger partial charge on any atom is -0.444 e. The van der Waals surface area contributed by atoms with E-state index in [1.165, 1.54) is 19.3 Å². The van der Waals surface area contributed by atoms with Crippen molar-refractivity contribution in [1.82, 2.24) is 31.0 Å². The molecule has 3 N–H and O–H groups in total. The Kier molecular flexibility index (Phi) is 8.20. The van der Waals surface area contributed by atoms with Crippen LogP contribution in [0.5, 0.6) is 0 Å². The molecule has 33 heavy (non-hydrogen) atoms. The second-order valence-corrected chi connectivity index (χ2v) is 10.8. The molecule has 10 heteroatoms. The molecule has 2 heterocycles. The van der Waals surface area contributed by atoms with Crippen molar-refractivity contribution < 1.29 is 18.8 Å². The third-order valence-electron chi connectivity index (χ3n) is 6.06. The lowest BCUT2D eigenvalue weighted by Gasteiger charge is -2.32. The molecule has 0 unspecified atom stereocenters. The average molecular weight is 465 g/mol. The first-order valence-electron chi connectivity index (χ1n) is 12.1. The van der Waals surface area contributed by atoms with Crippen molar-refractivity contribution in [3.8, 4) is 0 Å². The highest BCUT2D eigenvalue weighted by Crippen LogP contribution is 2.20. The molecule has 3 rings (SSSR count). The first-order valence-corrected chi connectivity index (χ1v) is 12.1. The van der Waals surface area contributed by atoms with E-state index in [1.54, 1.807) is 13.8 Å². The van der Waals surface area contributed by atoms with Gasteiger partial charge in [0, 0.05) is 25.2 Å². The predicted octanol–water partition coefficient (Wildman–Crippen LogP) is 3.43. The topological polar surface area (TPSA) is 122 Å². The summed E-state index contributed by atoms with van der Waals surface area (Å²) < 4.78 is 10.8. The van der Waals surface area contributed by atoms with Crippen LogP contribution < -0.4 is 16.0 Å². The molecule has 0 bridgehead atoms. The largest absolute Gasteiger partial charge is 0.444 e. The number of hydrogen-bond acceptors (Lipinski definition) is 7. The summed E-state index contributed by atoms with van der Waals surface area (Å²) in [5, 5.41) is 13.1. The highest BCUT2D eigenvalue weighted by molar-refractivity contribution is 5.74. The first-order chi connectivity index (χ1) is 15.5. The molecule has 186 valence electrons. The van der Waals surface area contributed by atoms with Gasteiger partial charge in [0.15, 0.2) is 5.82 Å². The van der Waals surface area contributed by atoms with Gasteiger partial charge >= 0.3 is 12.1 Å². The maximum atomic E-state index is 12.3. The highest BCUT2D eigenvalue weighted by Gasteiger charge is 2.31. The first kappa shape index (κ1) is 25.3. The monoisotopic (exact) mass is 464 g/mol. The van der Waals surface area contributed by atoms with Crippen LogP contribution in [0.25, 0.3) is 0 Å². The van der Waals surface area contributed by atoms with E-state index in [4.69, 9.17) is 9.26 Å². The molecule has 10 nitrogen and oxygen atoms in total. The number of aromatic nitrogens is 2. The Morgan fingerprint density at radius 1 is 1.00 bits per heavy atom. The minimum atomic E-state index is -0.827. The van der Waals surface area contributed by atoms with Crippen LogP contribution >= 0.6 is 0 Å². The summed E-state index contributed by atoms with van der Waals surface area (Å²) in [5.41, 5.74) is -1.41. The van der Waals surface area contributed by atoms with Gasteiger partial charge in [-0.3, -0.25) is 4.90 Å². The predicted molar refractivity (Wildman–Crippen MR) is 124 cm³/mol. The molecule has 3 amide bonds. The molecule has 1 saturated carbocycles. The Hall–Kier alpha value is -2.36. The normalized spacial score (nSPS) is 19.2. The van der Waals surface area contributed by atoms with Gasteiger partial charge in [0.2, 0.25) is 5.89 Å². The zero-order valence-corrected chi connectivity index (χ0v) is 20.7. The second-order valence-electron chi connectivity index (χ2n) is 10.8. The second kappa shape index (κ2) is 10.7. The van der Waals surface area contributed by atoms with Gasteiger partial charge in [-0.15, -0.1) is 0 Å². The molecular formula is C23H40N6O4. The third kappa shape index (κ3) is 8.17. The van der Waals surface area contributed by atoms with Gasteiger partial charge in [-0.1, -0.05) is 24.4 Å². The van der Waals surface area contributed by atoms with Crippen LogP contribution in [0.15, 0.2) is 4.52 Å². The van der Waals surface area contributed by atoms with E-state index >= 15 is 0 Å². The number of amides is 3. The minimum absolute atomic E-state index is 0.0402. The van der Waals surface area contributed by atoms with Gasteiger partial charge in [-0.05, 0) is 60.3 Å². The van der Waals surface area contributed by atoms with E-state index in [0.717, 1.165) is 38.8 Å². The number of likely N-dealkylation sites (tertiary alicyclic amines) is 1. The van der Waals surface area contributed by atoms with Crippen molar-refractivity contribution in [1.29, 1.82) is 0 Å². The molecule has 1 aliphatic carbocycles. The molecular weight excluding hydrogens is 424 g/mol. The van der Waals surface area contributed by atoms with Crippen molar-refractivity contribution in [2.24, 2.45) is 0 Å². The van der Waals surface area contributed by atoms with Crippen molar-refractivity contribution in [2.45, 2.75) is 109 Å². The van der Waals surface area contributed by atoms with E-state index in [2.05, 4.69) is 31.0 Å². The maximum Gasteiger partial charge on any atom is 0.408 e. The summed E-state index contributed by atoms with van der Waals surface area (Å²) in [6.07, 6.45) is 7.09. The van der Waals surface area contributed by atoms with Crippen LogP contribution in [0.2, 0.25) is 0 Å². The molecule has 1 aliphatic heterocycles. The summed E-state index contributed by atoms with van der Waals surface area (Å²) in [5.74, 6) is 0.907. The van der Waals surface area contributed by atoms with Gasteiger partial charge in [0.05, 0.1) is 6.54 Å². The molecule has 0 aromatic carbocycles. The Morgan fingerprint density at radius 3 is 2.21 bits per heavy atom. The Morgan fingerprint density at radius 2 is 1.61 bits per heavy atom. The SMILES string of the molecule is CC(C)(C)OC(=O)NC(C)(C)c1noc(CN2CCC(NC(=O)NC3CCCCC3)CC2)n1. The van der Waals surface area contributed by atoms with E-state index in [-0.39, 0.29) is 12.1 Å². The Bertz CT molecular complexity index is 789. The van der Waals surface area contributed by atoms with Crippen molar-refractivity contribution in [2.75, 3.05) is 13.1 Å². The molecule has 0 spiro atoms. The molecule has 2 fully saturated rings. The molecule has 1 aromatic rings. The lowest BCUT2D eigenvalue weighted by molar-refractivity contribution is 0.0465. The molecule has 0 atom stereocenters. The maximum absolute atomic E-state index is 12.3. The van der Waals surface area contributed by atoms with Crippen LogP contribution in [0.1, 0.15) is 91.3 Å². The summed E-state index contributed by atoms with van der Waals surface area (Å²) >= 11 is 0. The van der Waals surface area contributed by atoms with Crippen LogP contribution in [0, 0.1) is 0 Å². The van der Waals surface area contributed by atoms with Crippen LogP contribution in [0.3, 0.4) is 0 Å². The number of hydrogen-bond donors (Lipinski definition) is 3. The molecule has 1 aromatic heterocycles. The number of alkyl carbamates (subject to hydrolysis) is 1. The summed E-state index contributed by atoms with van der Waals surface area (Å²) in [4.78, 5) is 31.1. The Balaban J connectivity index is 1.41. The Labute approximate surface area is 196 Å². The number of urea groups is 1. The fourth-order valence-corrected chi connectivity index (χ4v) is 4.27. The molecule has 2 aliphatic rings. The molecule has 1 saturated heterocycles. The van der Waals surface area contributed by atoms with Gasteiger partial charge in [-0.25, -0.2) is 9.59 Å². The smallest absolute Gasteiger partial charge is 0.408 e. The standard InChI is InChI=1S/C23H40N6O4/c1-22(2,3)32-21(31)27-23(4,5)19-26-18(33-28-19)15-29-13-11-17(12-14-29)25-20(30)24-16-9-7-6-8-10-16/h16-17H,6-15H2,1-5H3,(H,27,31)(H2,24,25,30). The van der Waals surface area contributed by atoms with E-state index < -0.39 is 17.2 Å². The van der Waals surface area contributed by atoms with Gasteiger partial charge in [0.1, 0.15) is 11.1 Å². The van der Waals surface area contributed by atoms with Crippen LogP contribution in [-0.2, 0) is 16.8 Å². The number of nitrogens with zero attached hydrogens (tertiary/aromatic N) is 3. The number of carbonyl (C=O) groups excluding carboxylic acids is 2. The van der Waals surface area contributed by atoms with E-state index in [0.29, 0.717) is 24.3 Å². The average Bonchev–Trinajstić information content (AvgIpc) is 3.18. The van der Waals surface area contributed by atoms with Crippen molar-refractivity contribution >= 4 is 12.1 Å². The number of piperidine rings is 1. The number of rotatable bonds is 6. The highest BCUT2D eigenvalue weighted by atomic mass is 16.6. The molecule has 0 radical (unpaired) electrons.